The molecule has 0 saturated heterocycles. The van der Waals surface area contributed by atoms with Crippen molar-refractivity contribution in [3.8, 4) is 79.0 Å². The summed E-state index contributed by atoms with van der Waals surface area (Å²) in [5.41, 5.74) is 18.5. The van der Waals surface area contributed by atoms with Crippen LogP contribution in [0.15, 0.2) is 192 Å². The van der Waals surface area contributed by atoms with E-state index in [1.807, 2.05) is 84.9 Å². The molecule has 2 aromatic heterocycles. The number of hydrogen-bond acceptors (Lipinski definition) is 6. The molecule has 2 N–H and O–H groups in total. The number of benzene rings is 8. The van der Waals surface area contributed by atoms with Gasteiger partial charge in [0.05, 0.1) is 0 Å². The van der Waals surface area contributed by atoms with Crippen LogP contribution in [0.3, 0.4) is 0 Å². The molecule has 0 atom stereocenters. The Labute approximate surface area is 323 Å². The van der Waals surface area contributed by atoms with Gasteiger partial charge in [0.15, 0.2) is 23.1 Å². The quantitative estimate of drug-likeness (QED) is 0.165. The van der Waals surface area contributed by atoms with Gasteiger partial charge in [0.25, 0.3) is 0 Å². The molecule has 264 valence electrons. The summed E-state index contributed by atoms with van der Waals surface area (Å²) in [4.78, 5) is 20.0. The summed E-state index contributed by atoms with van der Waals surface area (Å²) in [6.45, 7) is 0. The molecule has 0 saturated carbocycles. The maximum atomic E-state index is 6.32. The molecule has 0 amide bonds. The van der Waals surface area contributed by atoms with Crippen LogP contribution in [-0.2, 0) is 0 Å². The van der Waals surface area contributed by atoms with Crippen LogP contribution in [0, 0.1) is 0 Å². The van der Waals surface area contributed by atoms with Gasteiger partial charge in [-0.15, -0.1) is 0 Å². The van der Waals surface area contributed by atoms with Gasteiger partial charge in [-0.1, -0.05) is 146 Å². The van der Waals surface area contributed by atoms with E-state index in [0.29, 0.717) is 29.1 Å². The third kappa shape index (κ3) is 6.25. The first-order chi connectivity index (χ1) is 27.6. The van der Waals surface area contributed by atoms with Crippen LogP contribution >= 0.6 is 0 Å². The molecule has 56 heavy (non-hydrogen) atoms. The molecule has 6 heteroatoms. The largest absolute Gasteiger partial charge is 0.435 e. The number of nitrogens with two attached hydrogens (primary N) is 1. The summed E-state index contributed by atoms with van der Waals surface area (Å²) in [6, 6.07) is 63.8. The lowest BCUT2D eigenvalue weighted by atomic mass is 9.95. The first kappa shape index (κ1) is 32.9. The molecule has 0 aliphatic rings. The van der Waals surface area contributed by atoms with E-state index >= 15 is 0 Å². The fourth-order valence-electron chi connectivity index (χ4n) is 7.28. The highest BCUT2D eigenvalue weighted by Gasteiger charge is 2.17. The molecule has 0 bridgehead atoms. The van der Waals surface area contributed by atoms with E-state index in [-0.39, 0.29) is 0 Å². The summed E-state index contributed by atoms with van der Waals surface area (Å²) in [5.74, 6) is 2.40. The van der Waals surface area contributed by atoms with Crippen LogP contribution in [0.4, 0.5) is 5.69 Å². The third-order valence-corrected chi connectivity index (χ3v) is 10.1. The number of rotatable bonds is 7. The molecule has 0 unspecified atom stereocenters. The summed E-state index contributed by atoms with van der Waals surface area (Å²) in [5, 5.41) is 2.19. The van der Waals surface area contributed by atoms with Gasteiger partial charge in [0.2, 0.25) is 5.89 Å². The summed E-state index contributed by atoms with van der Waals surface area (Å²) >= 11 is 0. The molecule has 0 aliphatic heterocycles. The maximum Gasteiger partial charge on any atom is 0.227 e. The molecular formula is C50H33N5O. The van der Waals surface area contributed by atoms with Gasteiger partial charge in [-0.05, 0) is 81.2 Å². The number of anilines is 1. The van der Waals surface area contributed by atoms with Crippen LogP contribution in [0.5, 0.6) is 0 Å². The van der Waals surface area contributed by atoms with Crippen LogP contribution in [0.1, 0.15) is 0 Å². The Morgan fingerprint density at radius 3 is 1.73 bits per heavy atom. The van der Waals surface area contributed by atoms with Crippen LogP contribution in [-0.4, -0.2) is 19.9 Å². The topological polar surface area (TPSA) is 90.7 Å². The molecule has 0 radical (unpaired) electrons. The SMILES string of the molecule is Nc1cccc(-c2cccc(-c3nc(-c4ccccc4)nc(-c4ccccc4-c4cccc(-c5ccc(-c6nc7ccc8ccccc8c7o6)cc5)c4)n3)c2)c1. The second-order valence-electron chi connectivity index (χ2n) is 13.7. The maximum absolute atomic E-state index is 6.32. The second-order valence-corrected chi connectivity index (χ2v) is 13.7. The van der Waals surface area contributed by atoms with E-state index in [1.54, 1.807) is 0 Å². The molecule has 10 aromatic rings. The Kier molecular flexibility index (Phi) is 8.19. The van der Waals surface area contributed by atoms with E-state index < -0.39 is 0 Å². The van der Waals surface area contributed by atoms with Gasteiger partial charge in [-0.3, -0.25) is 0 Å². The Morgan fingerprint density at radius 1 is 0.357 bits per heavy atom. The highest BCUT2D eigenvalue weighted by molar-refractivity contribution is 6.03. The fourth-order valence-corrected chi connectivity index (χ4v) is 7.28. The van der Waals surface area contributed by atoms with Gasteiger partial charge in [-0.2, -0.15) is 0 Å². The number of aromatic nitrogens is 4. The second kappa shape index (κ2) is 13.9. The molecule has 0 aliphatic carbocycles. The molecule has 6 nitrogen and oxygen atoms in total. The van der Waals surface area contributed by atoms with Crippen LogP contribution in [0.25, 0.3) is 101 Å². The first-order valence-electron chi connectivity index (χ1n) is 18.5. The number of oxazole rings is 1. The first-order valence-corrected chi connectivity index (χ1v) is 18.5. The lowest BCUT2D eigenvalue weighted by Crippen LogP contribution is -2.01. The van der Waals surface area contributed by atoms with Crippen molar-refractivity contribution in [1.29, 1.82) is 0 Å². The van der Waals surface area contributed by atoms with Crippen LogP contribution in [0.2, 0.25) is 0 Å². The smallest absolute Gasteiger partial charge is 0.227 e. The Balaban J connectivity index is 1.02. The van der Waals surface area contributed by atoms with Crippen molar-refractivity contribution in [3.63, 3.8) is 0 Å². The average Bonchev–Trinajstić information content (AvgIpc) is 3.72. The molecular weight excluding hydrogens is 687 g/mol. The summed E-state index contributed by atoms with van der Waals surface area (Å²) in [7, 11) is 0. The van der Waals surface area contributed by atoms with Crippen molar-refractivity contribution in [2.45, 2.75) is 0 Å². The van der Waals surface area contributed by atoms with Crippen molar-refractivity contribution < 1.29 is 4.42 Å². The van der Waals surface area contributed by atoms with Crippen LogP contribution < -0.4 is 5.73 Å². The van der Waals surface area contributed by atoms with E-state index in [4.69, 9.17) is 30.1 Å². The monoisotopic (exact) mass is 719 g/mol. The highest BCUT2D eigenvalue weighted by Crippen LogP contribution is 2.36. The number of hydrogen-bond donors (Lipinski definition) is 1. The van der Waals surface area contributed by atoms with Crippen molar-refractivity contribution in [1.82, 2.24) is 19.9 Å². The predicted octanol–water partition coefficient (Wildman–Crippen LogP) is 12.4. The highest BCUT2D eigenvalue weighted by atomic mass is 16.3. The summed E-state index contributed by atoms with van der Waals surface area (Å²) in [6.07, 6.45) is 0. The minimum atomic E-state index is 0.593. The van der Waals surface area contributed by atoms with Gasteiger partial charge in [0, 0.05) is 33.3 Å². The van der Waals surface area contributed by atoms with E-state index in [1.165, 1.54) is 0 Å². The Morgan fingerprint density at radius 2 is 0.929 bits per heavy atom. The predicted molar refractivity (Wildman–Crippen MR) is 227 cm³/mol. The Hall–Kier alpha value is -7.70. The zero-order valence-electron chi connectivity index (χ0n) is 30.2. The van der Waals surface area contributed by atoms with Crippen molar-refractivity contribution in [2.24, 2.45) is 0 Å². The third-order valence-electron chi connectivity index (χ3n) is 10.1. The number of nitrogen functional groups attached to an aromatic ring is 1. The lowest BCUT2D eigenvalue weighted by Gasteiger charge is -2.13. The molecule has 2 heterocycles. The minimum Gasteiger partial charge on any atom is -0.435 e. The van der Waals surface area contributed by atoms with Gasteiger partial charge < -0.3 is 10.2 Å². The fraction of sp³-hybridized carbons (Fsp3) is 0. The van der Waals surface area contributed by atoms with Crippen molar-refractivity contribution >= 4 is 27.6 Å². The standard InChI is InChI=1S/C50H33N5O/c51-41-19-10-16-38(31-41)37-15-9-18-40(30-37)48-53-47(34-12-2-1-3-13-34)54-49(55-48)44-22-7-6-20-42(44)39-17-8-14-36(29-39)32-23-25-35(26-24-32)50-52-45-28-27-33-11-4-5-21-43(33)46(45)56-50/h1-31H,51H2. The van der Waals surface area contributed by atoms with E-state index in [2.05, 4.69) is 103 Å². The molecule has 8 aromatic carbocycles. The molecule has 0 fully saturated rings. The van der Waals surface area contributed by atoms with Gasteiger partial charge in [-0.25, -0.2) is 19.9 Å². The van der Waals surface area contributed by atoms with Crippen molar-refractivity contribution in [2.75, 3.05) is 5.73 Å². The van der Waals surface area contributed by atoms with Gasteiger partial charge in [0.1, 0.15) is 5.52 Å². The molecule has 0 spiro atoms. The average molecular weight is 720 g/mol. The van der Waals surface area contributed by atoms with Crippen molar-refractivity contribution in [3.05, 3.63) is 188 Å². The molecule has 10 rings (SSSR count). The van der Waals surface area contributed by atoms with E-state index in [9.17, 15) is 0 Å². The Bertz CT molecular complexity index is 3040. The zero-order valence-corrected chi connectivity index (χ0v) is 30.2. The minimum absolute atomic E-state index is 0.593. The van der Waals surface area contributed by atoms with Gasteiger partial charge >= 0.3 is 0 Å². The normalized spacial score (nSPS) is 11.3. The summed E-state index contributed by atoms with van der Waals surface area (Å²) < 4.78 is 6.32. The van der Waals surface area contributed by atoms with E-state index in [0.717, 1.165) is 77.5 Å². The lowest BCUT2D eigenvalue weighted by molar-refractivity contribution is 0.623. The zero-order chi connectivity index (χ0) is 37.4. The number of nitrogens with zero attached hydrogens (tertiary/aromatic N) is 4. The number of fused-ring (bicyclic) bond motifs is 3.